The monoisotopic (exact) mass is 772 g/mol. The molecule has 8 rings (SSSR count). The highest BCUT2D eigenvalue weighted by molar-refractivity contribution is 9.10. The molecule has 268 valence electrons. The number of hydrogen-bond acceptors (Lipinski definition) is 12. The summed E-state index contributed by atoms with van der Waals surface area (Å²) in [6.45, 7) is 7.07. The molecule has 2 fully saturated rings. The summed E-state index contributed by atoms with van der Waals surface area (Å²) in [4.78, 5) is 17.5. The number of nitrogens with zero attached hydrogens (tertiary/aromatic N) is 8. The maximum absolute atomic E-state index is 14.6. The molecule has 0 aromatic carbocycles. The van der Waals surface area contributed by atoms with Crippen LogP contribution in [0.5, 0.6) is 11.8 Å². The Hall–Kier alpha value is -3.92. The summed E-state index contributed by atoms with van der Waals surface area (Å²) in [5.41, 5.74) is 3.56. The van der Waals surface area contributed by atoms with E-state index in [0.29, 0.717) is 58.9 Å². The maximum Gasteiger partial charge on any atom is 0.257 e. The maximum atomic E-state index is 14.6. The largest absolute Gasteiger partial charge is 0.475 e. The van der Waals surface area contributed by atoms with E-state index in [1.165, 1.54) is 44.7 Å². The minimum absolute atomic E-state index is 0.106. The van der Waals surface area contributed by atoms with Gasteiger partial charge in [0.25, 0.3) is 11.8 Å². The molecule has 0 saturated heterocycles. The van der Waals surface area contributed by atoms with E-state index in [4.69, 9.17) is 21.1 Å². The number of hydrogen-bond donors (Lipinski definition) is 4. The highest BCUT2D eigenvalue weighted by Crippen LogP contribution is 2.39. The third-order valence-electron chi connectivity index (χ3n) is 9.68. The number of aromatic nitrogens is 8. The van der Waals surface area contributed by atoms with Crippen LogP contribution < -0.4 is 30.7 Å². The molecular formula is C33H43BrClFN12O2. The molecule has 4 N–H and O–H groups in total. The fraction of sp³-hybridized carbons (Fsp3) is 0.576. The minimum atomic E-state index is -1.24. The van der Waals surface area contributed by atoms with Crippen molar-refractivity contribution in [1.29, 1.82) is 0 Å². The molecule has 0 spiro atoms. The summed E-state index contributed by atoms with van der Waals surface area (Å²) < 4.78 is 31.2. The first-order valence-corrected chi connectivity index (χ1v) is 18.6. The standard InChI is InChI=1S/C18H24ClFN6O.C15H19BrN6O/c1-10-14(20)9-27-17-15(23-18-21-8-13(19)16(22-10)24-18)11(2)26(25-17)12-6-4-3-5-7-12;1-9-12-14(21-22(9)10-4-2-5-10)23-7-3-6-17-13-11(16)8-18-15(19-12)20-13/h8,10,12,14H,3-7,9H2,1-2H3,(H2,21,22,23,24);8,10H,2-7H2,1H3,(H2,17,18,19,20). The molecule has 2 atom stereocenters. The number of nitrogens with one attached hydrogen (secondary N) is 4. The van der Waals surface area contributed by atoms with Gasteiger partial charge in [0.15, 0.2) is 12.0 Å². The lowest BCUT2D eigenvalue weighted by Crippen LogP contribution is -2.32. The lowest BCUT2D eigenvalue weighted by atomic mass is 9.93. The lowest BCUT2D eigenvalue weighted by molar-refractivity contribution is 0.175. The number of anilines is 6. The third kappa shape index (κ3) is 7.41. The Kier molecular flexibility index (Phi) is 10.4. The van der Waals surface area contributed by atoms with Crippen molar-refractivity contribution in [1.82, 2.24) is 39.5 Å². The molecule has 2 aliphatic heterocycles. The molecule has 2 aliphatic carbocycles. The SMILES string of the molecule is Cc1c2c(nn1C1CCC1)OCCCNc1nc(ncc1Br)N2.Cc1c2c(nn1C1CCCCC1)OCC(F)C(C)Nc1nc(ncc1Cl)N2. The first kappa shape index (κ1) is 34.5. The average Bonchev–Trinajstić information content (AvgIpc) is 3.54. The molecule has 14 nitrogen and oxygen atoms in total. The Balaban J connectivity index is 0.000000159. The predicted molar refractivity (Wildman–Crippen MR) is 194 cm³/mol. The van der Waals surface area contributed by atoms with Crippen LogP contribution in [0.25, 0.3) is 0 Å². The molecule has 2 unspecified atom stereocenters. The van der Waals surface area contributed by atoms with E-state index < -0.39 is 12.2 Å². The Morgan fingerprint density at radius 1 is 0.820 bits per heavy atom. The first-order valence-electron chi connectivity index (χ1n) is 17.4. The summed E-state index contributed by atoms with van der Waals surface area (Å²) >= 11 is 9.63. The molecule has 0 radical (unpaired) electrons. The molecule has 17 heteroatoms. The van der Waals surface area contributed by atoms with E-state index >= 15 is 0 Å². The van der Waals surface area contributed by atoms with E-state index in [9.17, 15) is 4.39 Å². The third-order valence-corrected chi connectivity index (χ3v) is 10.5. The van der Waals surface area contributed by atoms with E-state index in [2.05, 4.69) is 78.9 Å². The van der Waals surface area contributed by atoms with E-state index in [1.807, 2.05) is 11.6 Å². The minimum Gasteiger partial charge on any atom is -0.475 e. The molecular weight excluding hydrogens is 731 g/mol. The van der Waals surface area contributed by atoms with E-state index in [1.54, 1.807) is 13.1 Å². The van der Waals surface area contributed by atoms with Crippen LogP contribution in [0.2, 0.25) is 5.02 Å². The Morgan fingerprint density at radius 2 is 1.42 bits per heavy atom. The second kappa shape index (κ2) is 15.1. The van der Waals surface area contributed by atoms with Gasteiger partial charge in [-0.05, 0) is 75.2 Å². The van der Waals surface area contributed by atoms with Gasteiger partial charge in [-0.25, -0.2) is 14.4 Å². The van der Waals surface area contributed by atoms with Crippen LogP contribution in [0.1, 0.15) is 88.2 Å². The zero-order valence-electron chi connectivity index (χ0n) is 28.5. The van der Waals surface area contributed by atoms with Crippen LogP contribution in [-0.4, -0.2) is 71.5 Å². The first-order chi connectivity index (χ1) is 24.2. The Morgan fingerprint density at radius 3 is 2.06 bits per heavy atom. The fourth-order valence-corrected chi connectivity index (χ4v) is 6.98. The quantitative estimate of drug-likeness (QED) is 0.157. The molecule has 4 aliphatic rings. The number of rotatable bonds is 2. The molecule has 50 heavy (non-hydrogen) atoms. The second-order valence-electron chi connectivity index (χ2n) is 13.2. The summed E-state index contributed by atoms with van der Waals surface area (Å²) in [5, 5.41) is 22.4. The molecule has 6 heterocycles. The van der Waals surface area contributed by atoms with Gasteiger partial charge in [-0.3, -0.25) is 9.36 Å². The van der Waals surface area contributed by atoms with Crippen molar-refractivity contribution >= 4 is 62.4 Å². The number of fused-ring (bicyclic) bond motifs is 6. The van der Waals surface area contributed by atoms with Gasteiger partial charge in [-0.2, -0.15) is 9.97 Å². The van der Waals surface area contributed by atoms with Crippen molar-refractivity contribution in [3.8, 4) is 11.8 Å². The van der Waals surface area contributed by atoms with Crippen molar-refractivity contribution in [3.63, 3.8) is 0 Å². The second-order valence-corrected chi connectivity index (χ2v) is 14.5. The number of ether oxygens (including phenoxy) is 2. The fourth-order valence-electron chi connectivity index (χ4n) is 6.50. The van der Waals surface area contributed by atoms with Crippen molar-refractivity contribution < 1.29 is 13.9 Å². The van der Waals surface area contributed by atoms with Gasteiger partial charge in [0, 0.05) is 12.7 Å². The highest BCUT2D eigenvalue weighted by atomic mass is 79.9. The number of halogens is 3. The summed E-state index contributed by atoms with van der Waals surface area (Å²) in [6.07, 6.45) is 12.4. The number of alkyl halides is 1. The normalized spacial score (nSPS) is 20.8. The Labute approximate surface area is 303 Å². The van der Waals surface area contributed by atoms with Crippen molar-refractivity contribution in [2.75, 3.05) is 41.0 Å². The van der Waals surface area contributed by atoms with Crippen LogP contribution in [-0.2, 0) is 0 Å². The van der Waals surface area contributed by atoms with Crippen molar-refractivity contribution in [2.45, 2.75) is 103 Å². The van der Waals surface area contributed by atoms with Gasteiger partial charge < -0.3 is 30.7 Å². The topological polar surface area (TPSA) is 154 Å². The van der Waals surface area contributed by atoms with Crippen molar-refractivity contribution in [2.24, 2.45) is 0 Å². The van der Waals surface area contributed by atoms with Crippen LogP contribution >= 0.6 is 27.5 Å². The van der Waals surface area contributed by atoms with Crippen molar-refractivity contribution in [3.05, 3.63) is 33.3 Å². The van der Waals surface area contributed by atoms with Gasteiger partial charge in [-0.1, -0.05) is 30.9 Å². The predicted octanol–water partition coefficient (Wildman–Crippen LogP) is 7.82. The Bertz CT molecular complexity index is 1810. The average molecular weight is 774 g/mol. The highest BCUT2D eigenvalue weighted by Gasteiger charge is 2.28. The van der Waals surface area contributed by atoms with Crippen LogP contribution in [0.4, 0.5) is 39.3 Å². The van der Waals surface area contributed by atoms with E-state index in [0.717, 1.165) is 53.2 Å². The molecule has 2 saturated carbocycles. The summed E-state index contributed by atoms with van der Waals surface area (Å²) in [7, 11) is 0. The molecule has 0 amide bonds. The van der Waals surface area contributed by atoms with Gasteiger partial charge in [0.1, 0.15) is 28.8 Å². The zero-order valence-corrected chi connectivity index (χ0v) is 30.8. The molecule has 4 bridgehead atoms. The van der Waals surface area contributed by atoms with Crippen LogP contribution in [0.15, 0.2) is 16.9 Å². The van der Waals surface area contributed by atoms with Gasteiger partial charge in [0.05, 0.1) is 46.8 Å². The van der Waals surface area contributed by atoms with Gasteiger partial charge >= 0.3 is 0 Å². The molecule has 4 aromatic rings. The van der Waals surface area contributed by atoms with Gasteiger partial charge in [0.2, 0.25) is 11.9 Å². The van der Waals surface area contributed by atoms with E-state index in [-0.39, 0.29) is 6.61 Å². The zero-order chi connectivity index (χ0) is 34.8. The molecule has 4 aromatic heterocycles. The van der Waals surface area contributed by atoms with Crippen LogP contribution in [0, 0.1) is 13.8 Å². The lowest BCUT2D eigenvalue weighted by Gasteiger charge is -2.26. The van der Waals surface area contributed by atoms with Gasteiger partial charge in [-0.15, -0.1) is 10.2 Å². The smallest absolute Gasteiger partial charge is 0.257 e. The summed E-state index contributed by atoms with van der Waals surface area (Å²) in [5.74, 6) is 3.11. The van der Waals surface area contributed by atoms with Crippen LogP contribution in [0.3, 0.4) is 0 Å². The summed E-state index contributed by atoms with van der Waals surface area (Å²) in [6, 6.07) is 0.310.